The van der Waals surface area contributed by atoms with Gasteiger partial charge in [0.1, 0.15) is 6.61 Å². The van der Waals surface area contributed by atoms with Crippen molar-refractivity contribution in [3.05, 3.63) is 71.5 Å². The fourth-order valence-corrected chi connectivity index (χ4v) is 6.99. The summed E-state index contributed by atoms with van der Waals surface area (Å²) in [7, 11) is 0. The van der Waals surface area contributed by atoms with Crippen molar-refractivity contribution in [2.24, 2.45) is 11.8 Å². The highest BCUT2D eigenvalue weighted by molar-refractivity contribution is 6.08. The Labute approximate surface area is 244 Å². The van der Waals surface area contributed by atoms with E-state index in [2.05, 4.69) is 10.3 Å². The van der Waals surface area contributed by atoms with Gasteiger partial charge in [-0.15, -0.1) is 5.10 Å². The minimum absolute atomic E-state index is 0.0105. The van der Waals surface area contributed by atoms with E-state index in [0.29, 0.717) is 56.0 Å². The lowest BCUT2D eigenvalue weighted by atomic mass is 9.70. The molecule has 11 heteroatoms. The van der Waals surface area contributed by atoms with Gasteiger partial charge in [-0.3, -0.25) is 14.4 Å². The van der Waals surface area contributed by atoms with Crippen LogP contribution in [0.3, 0.4) is 0 Å². The molecule has 222 valence electrons. The molecule has 2 aromatic carbocycles. The maximum absolute atomic E-state index is 14.6. The number of carbonyl (C=O) groups is 2. The number of aromatic nitrogens is 3. The zero-order chi connectivity index (χ0) is 29.6. The number of rotatable bonds is 9. The molecule has 6 rings (SSSR count). The van der Waals surface area contributed by atoms with Crippen LogP contribution in [0.5, 0.6) is 0 Å². The average molecular weight is 576 g/mol. The van der Waals surface area contributed by atoms with Crippen LogP contribution < -0.4 is 9.80 Å². The first-order valence-corrected chi connectivity index (χ1v) is 14.5. The van der Waals surface area contributed by atoms with Crippen molar-refractivity contribution in [1.82, 2.24) is 15.0 Å². The number of aliphatic hydroxyl groups excluding tert-OH is 1. The Bertz CT molecular complexity index is 1470. The van der Waals surface area contributed by atoms with Gasteiger partial charge < -0.3 is 24.6 Å². The van der Waals surface area contributed by atoms with E-state index in [4.69, 9.17) is 9.47 Å². The van der Waals surface area contributed by atoms with Crippen molar-refractivity contribution >= 4 is 23.4 Å². The quantitative estimate of drug-likeness (QED) is 0.398. The second-order valence-corrected chi connectivity index (χ2v) is 11.9. The van der Waals surface area contributed by atoms with Gasteiger partial charge in [-0.1, -0.05) is 42.5 Å². The smallest absolute Gasteiger partial charge is 0.414 e. The summed E-state index contributed by atoms with van der Waals surface area (Å²) in [6.07, 6.45) is 1.81. The van der Waals surface area contributed by atoms with Gasteiger partial charge in [0.15, 0.2) is 5.60 Å². The van der Waals surface area contributed by atoms with Crippen LogP contribution in [0.15, 0.2) is 54.7 Å². The first-order chi connectivity index (χ1) is 20.1. The van der Waals surface area contributed by atoms with Crippen molar-refractivity contribution in [1.29, 1.82) is 0 Å². The highest BCUT2D eigenvalue weighted by atomic mass is 16.6. The highest BCUT2D eigenvalue weighted by Crippen LogP contribution is 2.58. The summed E-state index contributed by atoms with van der Waals surface area (Å²) in [5.41, 5.74) is 1.22. The van der Waals surface area contributed by atoms with E-state index in [1.165, 1.54) is 0 Å². The van der Waals surface area contributed by atoms with E-state index in [-0.39, 0.29) is 18.4 Å². The molecule has 3 aliphatic rings. The third-order valence-electron chi connectivity index (χ3n) is 8.82. The van der Waals surface area contributed by atoms with E-state index in [9.17, 15) is 19.8 Å². The van der Waals surface area contributed by atoms with Gasteiger partial charge in [-0.25, -0.2) is 4.79 Å². The Morgan fingerprint density at radius 1 is 1.14 bits per heavy atom. The third-order valence-corrected chi connectivity index (χ3v) is 8.82. The molecule has 2 amide bonds. The first kappa shape index (κ1) is 28.3. The minimum atomic E-state index is -1.36. The maximum Gasteiger partial charge on any atom is 0.414 e. The van der Waals surface area contributed by atoms with Crippen molar-refractivity contribution in [3.63, 3.8) is 0 Å². The molecule has 0 radical (unpaired) electrons. The molecular formula is C31H37N5O6. The summed E-state index contributed by atoms with van der Waals surface area (Å²) < 4.78 is 13.8. The summed E-state index contributed by atoms with van der Waals surface area (Å²) in [5.74, 6) is -0.958. The summed E-state index contributed by atoms with van der Waals surface area (Å²) in [6, 6.07) is 15.4. The zero-order valence-corrected chi connectivity index (χ0v) is 24.1. The fourth-order valence-electron chi connectivity index (χ4n) is 6.99. The molecule has 0 bridgehead atoms. The van der Waals surface area contributed by atoms with Crippen LogP contribution in [0.4, 0.5) is 16.2 Å². The largest absolute Gasteiger partial charge is 0.447 e. The Morgan fingerprint density at radius 3 is 2.62 bits per heavy atom. The molecule has 0 aliphatic carbocycles. The molecule has 0 unspecified atom stereocenters. The number of amides is 2. The number of anilines is 2. The lowest BCUT2D eigenvalue weighted by Gasteiger charge is -2.34. The van der Waals surface area contributed by atoms with Crippen LogP contribution >= 0.6 is 0 Å². The average Bonchev–Trinajstić information content (AvgIpc) is 3.71. The van der Waals surface area contributed by atoms with Crippen molar-refractivity contribution < 1.29 is 29.3 Å². The van der Waals surface area contributed by atoms with Gasteiger partial charge in [0, 0.05) is 48.9 Å². The maximum atomic E-state index is 14.6. The number of aliphatic hydroxyl groups is 2. The summed E-state index contributed by atoms with van der Waals surface area (Å²) in [5, 5.41) is 29.0. The van der Waals surface area contributed by atoms with Gasteiger partial charge in [0.25, 0.3) is 5.91 Å². The Kier molecular flexibility index (Phi) is 7.28. The lowest BCUT2D eigenvalue weighted by Crippen LogP contribution is -2.46. The second kappa shape index (κ2) is 10.8. The number of hydrogen-bond donors (Lipinski definition) is 2. The predicted molar refractivity (Wildman–Crippen MR) is 154 cm³/mol. The van der Waals surface area contributed by atoms with Gasteiger partial charge in [0.05, 0.1) is 36.2 Å². The lowest BCUT2D eigenvalue weighted by molar-refractivity contribution is -0.146. The molecule has 42 heavy (non-hydrogen) atoms. The number of benzene rings is 2. The summed E-state index contributed by atoms with van der Waals surface area (Å²) >= 11 is 0. The molecule has 3 aliphatic heterocycles. The van der Waals surface area contributed by atoms with Crippen LogP contribution in [0, 0.1) is 11.8 Å². The molecule has 2 saturated heterocycles. The minimum Gasteiger partial charge on any atom is -0.447 e. The molecule has 1 aromatic heterocycles. The number of cyclic esters (lactones) is 1. The summed E-state index contributed by atoms with van der Waals surface area (Å²) in [4.78, 5) is 30.4. The molecule has 2 fully saturated rings. The number of nitrogens with zero attached hydrogens (tertiary/aromatic N) is 5. The number of hydrogen-bond acceptors (Lipinski definition) is 8. The number of carbonyl (C=O) groups excluding carboxylic acids is 2. The third kappa shape index (κ3) is 4.75. The van der Waals surface area contributed by atoms with E-state index in [1.54, 1.807) is 34.5 Å². The Morgan fingerprint density at radius 2 is 1.93 bits per heavy atom. The number of ether oxygens (including phenoxy) is 2. The van der Waals surface area contributed by atoms with Crippen LogP contribution in [0.25, 0.3) is 0 Å². The highest BCUT2D eigenvalue weighted by Gasteiger charge is 2.65. The van der Waals surface area contributed by atoms with Crippen LogP contribution in [-0.2, 0) is 39.4 Å². The molecular weight excluding hydrogens is 538 g/mol. The van der Waals surface area contributed by atoms with Gasteiger partial charge in [0.2, 0.25) is 0 Å². The van der Waals surface area contributed by atoms with Crippen LogP contribution in [0.2, 0.25) is 0 Å². The molecule has 3 aromatic rings. The van der Waals surface area contributed by atoms with Crippen LogP contribution in [-0.4, -0.2) is 68.7 Å². The monoisotopic (exact) mass is 575 g/mol. The van der Waals surface area contributed by atoms with E-state index < -0.39 is 29.3 Å². The van der Waals surface area contributed by atoms with Crippen molar-refractivity contribution in [2.75, 3.05) is 29.6 Å². The predicted octanol–water partition coefficient (Wildman–Crippen LogP) is 3.02. The molecule has 2 N–H and O–H groups in total. The molecule has 4 atom stereocenters. The van der Waals surface area contributed by atoms with Gasteiger partial charge in [-0.05, 0) is 44.0 Å². The SMILES string of the molecule is C[C@H]1[C@H](C(C)(C)O)[C@@H](CCn2cc(CCO)nn2)O[C@]12C(=O)N(Cc1ccccc1)c1ccc(N3CCOC3=O)cc12. The molecule has 0 saturated carbocycles. The van der Waals surface area contributed by atoms with Crippen LogP contribution in [0.1, 0.15) is 44.0 Å². The standard InChI is InChI=1S/C31H37N5O6/c1-20-27(30(2,3)40)26(11-13-34-19-22(12-15-37)32-33-34)42-31(20)24-17-23(35-14-16-41-29(35)39)9-10-25(24)36(28(31)38)18-21-7-5-4-6-8-21/h4-10,17,19-20,26-27,37,40H,11-16,18H2,1-3H3/t20-,26+,27-,31+/m0/s1. The first-order valence-electron chi connectivity index (χ1n) is 14.5. The molecule has 11 nitrogen and oxygen atoms in total. The Balaban J connectivity index is 1.40. The second-order valence-electron chi connectivity index (χ2n) is 11.9. The normalized spacial score (nSPS) is 25.5. The topological polar surface area (TPSA) is 130 Å². The fraction of sp³-hybridized carbons (Fsp3) is 0.484. The van der Waals surface area contributed by atoms with E-state index in [0.717, 1.165) is 11.3 Å². The van der Waals surface area contributed by atoms with Gasteiger partial charge in [-0.2, -0.15) is 0 Å². The summed E-state index contributed by atoms with van der Waals surface area (Å²) in [6.45, 7) is 7.04. The Hall–Kier alpha value is -3.80. The van der Waals surface area contributed by atoms with Crippen molar-refractivity contribution in [3.8, 4) is 0 Å². The van der Waals surface area contributed by atoms with E-state index >= 15 is 0 Å². The van der Waals surface area contributed by atoms with E-state index in [1.807, 2.05) is 55.5 Å². The molecule has 1 spiro atoms. The van der Waals surface area contributed by atoms with Gasteiger partial charge >= 0.3 is 6.09 Å². The van der Waals surface area contributed by atoms with Crippen molar-refractivity contribution in [2.45, 2.75) is 64.0 Å². The number of aryl methyl sites for hydroxylation is 1. The number of fused-ring (bicyclic) bond motifs is 2. The zero-order valence-electron chi connectivity index (χ0n) is 24.1. The molecule has 4 heterocycles.